The standard InChI is InChI=1S/C13H19N3O3/c1-8-6-9(19-16-8)11(18)15-12-2-4-13(14,5-3-12)10(17)7-12/h6,10,17H,2-5,7,14H2,1H3,(H,15,18). The van der Waals surface area contributed by atoms with Gasteiger partial charge in [-0.3, -0.25) is 4.79 Å². The van der Waals surface area contributed by atoms with E-state index in [4.69, 9.17) is 10.3 Å². The van der Waals surface area contributed by atoms with E-state index >= 15 is 0 Å². The smallest absolute Gasteiger partial charge is 0.290 e. The van der Waals surface area contributed by atoms with Crippen molar-refractivity contribution in [1.82, 2.24) is 10.5 Å². The molecule has 6 heteroatoms. The predicted octanol–water partition coefficient (Wildman–Crippen LogP) is 0.488. The van der Waals surface area contributed by atoms with Crippen LogP contribution in [0.5, 0.6) is 0 Å². The van der Waals surface area contributed by atoms with Gasteiger partial charge in [-0.05, 0) is 39.0 Å². The summed E-state index contributed by atoms with van der Waals surface area (Å²) in [6.07, 6.45) is 3.06. The molecule has 1 unspecified atom stereocenters. The average molecular weight is 265 g/mol. The minimum absolute atomic E-state index is 0.219. The fourth-order valence-corrected chi connectivity index (χ4v) is 3.25. The van der Waals surface area contributed by atoms with E-state index in [0.717, 1.165) is 25.7 Å². The number of aliphatic hydroxyl groups excluding tert-OH is 1. The first-order valence-electron chi connectivity index (χ1n) is 6.65. The maximum absolute atomic E-state index is 12.1. The third-order valence-corrected chi connectivity index (χ3v) is 4.62. The number of nitrogens with two attached hydrogens (primary N) is 1. The second-order valence-corrected chi connectivity index (χ2v) is 6.02. The predicted molar refractivity (Wildman–Crippen MR) is 67.4 cm³/mol. The summed E-state index contributed by atoms with van der Waals surface area (Å²) >= 11 is 0. The Balaban J connectivity index is 1.75. The molecule has 3 aliphatic carbocycles. The fraction of sp³-hybridized carbons (Fsp3) is 0.692. The maximum Gasteiger partial charge on any atom is 0.290 e. The van der Waals surface area contributed by atoms with E-state index in [1.165, 1.54) is 0 Å². The van der Waals surface area contributed by atoms with Crippen molar-refractivity contribution in [3.05, 3.63) is 17.5 Å². The van der Waals surface area contributed by atoms with Gasteiger partial charge in [-0.15, -0.1) is 0 Å². The molecule has 0 aromatic carbocycles. The van der Waals surface area contributed by atoms with Crippen molar-refractivity contribution in [1.29, 1.82) is 0 Å². The van der Waals surface area contributed by atoms with Crippen LogP contribution in [0, 0.1) is 6.92 Å². The molecule has 19 heavy (non-hydrogen) atoms. The molecule has 104 valence electrons. The van der Waals surface area contributed by atoms with Crippen LogP contribution in [0.2, 0.25) is 0 Å². The largest absolute Gasteiger partial charge is 0.391 e. The highest BCUT2D eigenvalue weighted by molar-refractivity contribution is 5.92. The van der Waals surface area contributed by atoms with Gasteiger partial charge in [-0.1, -0.05) is 5.16 Å². The third kappa shape index (κ3) is 2.04. The van der Waals surface area contributed by atoms with Gasteiger partial charge in [0.05, 0.1) is 11.8 Å². The number of carbonyl (C=O) groups excluding carboxylic acids is 1. The number of hydrogen-bond acceptors (Lipinski definition) is 5. The SMILES string of the molecule is Cc1cc(C(=O)NC23CCC(N)(CC2)C(O)C3)on1. The van der Waals surface area contributed by atoms with Crippen molar-refractivity contribution in [3.8, 4) is 0 Å². The molecule has 1 heterocycles. The van der Waals surface area contributed by atoms with Gasteiger partial charge < -0.3 is 20.7 Å². The molecule has 3 aliphatic rings. The Labute approximate surface area is 111 Å². The van der Waals surface area contributed by atoms with Gasteiger partial charge in [0.25, 0.3) is 5.91 Å². The molecule has 6 nitrogen and oxygen atoms in total. The first-order chi connectivity index (χ1) is 8.92. The van der Waals surface area contributed by atoms with Crippen LogP contribution in [0.15, 0.2) is 10.6 Å². The van der Waals surface area contributed by atoms with Gasteiger partial charge >= 0.3 is 0 Å². The number of carbonyl (C=O) groups is 1. The normalized spacial score (nSPS) is 37.3. The van der Waals surface area contributed by atoms with Gasteiger partial charge in [-0.2, -0.15) is 0 Å². The topological polar surface area (TPSA) is 101 Å². The third-order valence-electron chi connectivity index (χ3n) is 4.62. The molecular formula is C13H19N3O3. The van der Waals surface area contributed by atoms with Gasteiger partial charge in [0, 0.05) is 17.1 Å². The highest BCUT2D eigenvalue weighted by Gasteiger charge is 2.52. The van der Waals surface area contributed by atoms with E-state index in [0.29, 0.717) is 12.1 Å². The van der Waals surface area contributed by atoms with Crippen LogP contribution in [-0.4, -0.2) is 33.4 Å². The zero-order valence-corrected chi connectivity index (χ0v) is 11.0. The van der Waals surface area contributed by atoms with Gasteiger partial charge in [0.2, 0.25) is 5.76 Å². The summed E-state index contributed by atoms with van der Waals surface area (Å²) in [5, 5.41) is 16.8. The first kappa shape index (κ1) is 12.6. The Morgan fingerprint density at radius 2 is 2.21 bits per heavy atom. The molecule has 0 radical (unpaired) electrons. The Kier molecular flexibility index (Phi) is 2.69. The maximum atomic E-state index is 12.1. The number of hydrogen-bond donors (Lipinski definition) is 3. The van der Waals surface area contributed by atoms with Gasteiger partial charge in [0.1, 0.15) is 0 Å². The number of aryl methyl sites for hydroxylation is 1. The molecule has 4 N–H and O–H groups in total. The molecule has 4 rings (SSSR count). The van der Waals surface area contributed by atoms with E-state index in [2.05, 4.69) is 10.5 Å². The number of amides is 1. The van der Waals surface area contributed by atoms with E-state index in [-0.39, 0.29) is 17.2 Å². The molecule has 1 amide bonds. The van der Waals surface area contributed by atoms with Crippen molar-refractivity contribution in [3.63, 3.8) is 0 Å². The molecule has 0 spiro atoms. The van der Waals surface area contributed by atoms with Crippen LogP contribution < -0.4 is 11.1 Å². The van der Waals surface area contributed by atoms with Gasteiger partial charge in [-0.25, -0.2) is 0 Å². The summed E-state index contributed by atoms with van der Waals surface area (Å²) in [5.74, 6) is -0.0456. The molecule has 3 saturated carbocycles. The van der Waals surface area contributed by atoms with E-state index in [1.54, 1.807) is 13.0 Å². The zero-order chi connectivity index (χ0) is 13.7. The quantitative estimate of drug-likeness (QED) is 0.722. The molecule has 1 atom stereocenters. The number of fused-ring (bicyclic) bond motifs is 3. The van der Waals surface area contributed by atoms with Crippen molar-refractivity contribution < 1.29 is 14.4 Å². The molecule has 1 aromatic rings. The molecular weight excluding hydrogens is 246 g/mol. The summed E-state index contributed by atoms with van der Waals surface area (Å²) in [6, 6.07) is 1.61. The summed E-state index contributed by atoms with van der Waals surface area (Å²) < 4.78 is 4.97. The molecule has 2 bridgehead atoms. The monoisotopic (exact) mass is 265 g/mol. The van der Waals surface area contributed by atoms with Crippen LogP contribution in [-0.2, 0) is 0 Å². The van der Waals surface area contributed by atoms with Crippen LogP contribution in [0.25, 0.3) is 0 Å². The molecule has 0 aliphatic heterocycles. The number of aromatic nitrogens is 1. The van der Waals surface area contributed by atoms with Gasteiger partial charge in [0.15, 0.2) is 0 Å². The zero-order valence-electron chi connectivity index (χ0n) is 11.0. The van der Waals surface area contributed by atoms with Crippen LogP contribution in [0.3, 0.4) is 0 Å². The Bertz CT molecular complexity index is 503. The molecule has 1 aromatic heterocycles. The van der Waals surface area contributed by atoms with E-state index in [9.17, 15) is 9.90 Å². The highest BCUT2D eigenvalue weighted by Crippen LogP contribution is 2.45. The Hall–Kier alpha value is -1.40. The summed E-state index contributed by atoms with van der Waals surface area (Å²) in [6.45, 7) is 1.77. The second-order valence-electron chi connectivity index (χ2n) is 6.02. The first-order valence-corrected chi connectivity index (χ1v) is 6.65. The van der Waals surface area contributed by atoms with Crippen LogP contribution in [0.4, 0.5) is 0 Å². The lowest BCUT2D eigenvalue weighted by molar-refractivity contribution is -0.0414. The number of rotatable bonds is 2. The lowest BCUT2D eigenvalue weighted by Crippen LogP contribution is -2.68. The van der Waals surface area contributed by atoms with Crippen molar-refractivity contribution in [2.75, 3.05) is 0 Å². The minimum atomic E-state index is -0.549. The lowest BCUT2D eigenvalue weighted by atomic mass is 9.60. The molecule has 3 fully saturated rings. The summed E-state index contributed by atoms with van der Waals surface area (Å²) in [7, 11) is 0. The fourth-order valence-electron chi connectivity index (χ4n) is 3.25. The van der Waals surface area contributed by atoms with E-state index in [1.807, 2.05) is 0 Å². The van der Waals surface area contributed by atoms with Crippen molar-refractivity contribution in [2.45, 2.75) is 56.2 Å². The van der Waals surface area contributed by atoms with Crippen molar-refractivity contribution in [2.24, 2.45) is 5.73 Å². The number of aliphatic hydroxyl groups is 1. The van der Waals surface area contributed by atoms with Crippen LogP contribution in [0.1, 0.15) is 48.4 Å². The van der Waals surface area contributed by atoms with Crippen molar-refractivity contribution >= 4 is 5.91 Å². The lowest BCUT2D eigenvalue weighted by Gasteiger charge is -2.54. The summed E-state index contributed by atoms with van der Waals surface area (Å²) in [5.41, 5.74) is 6.02. The minimum Gasteiger partial charge on any atom is -0.391 e. The summed E-state index contributed by atoms with van der Waals surface area (Å²) in [4.78, 5) is 12.1. The highest BCUT2D eigenvalue weighted by atomic mass is 16.5. The number of nitrogens with one attached hydrogen (secondary N) is 1. The molecule has 0 saturated heterocycles. The second kappa shape index (κ2) is 4.05. The average Bonchev–Trinajstić information content (AvgIpc) is 2.79. The van der Waals surface area contributed by atoms with Crippen LogP contribution >= 0.6 is 0 Å². The van der Waals surface area contributed by atoms with E-state index < -0.39 is 11.6 Å². The Morgan fingerprint density at radius 3 is 2.74 bits per heavy atom. The number of nitrogens with zero attached hydrogens (tertiary/aromatic N) is 1. The Morgan fingerprint density at radius 1 is 1.53 bits per heavy atom.